The summed E-state index contributed by atoms with van der Waals surface area (Å²) in [6.45, 7) is 1.84. The number of anilines is 1. The van der Waals surface area contributed by atoms with Crippen molar-refractivity contribution in [3.8, 4) is 5.75 Å². The van der Waals surface area contributed by atoms with E-state index in [1.165, 1.54) is 7.11 Å². The van der Waals surface area contributed by atoms with Gasteiger partial charge in [-0.05, 0) is 18.6 Å². The molecule has 0 heterocycles. The predicted molar refractivity (Wildman–Crippen MR) is 60.7 cm³/mol. The Morgan fingerprint density at radius 1 is 1.57 bits per heavy atom. The summed E-state index contributed by atoms with van der Waals surface area (Å²) in [6.07, 6.45) is 0. The van der Waals surface area contributed by atoms with Crippen LogP contribution in [-0.2, 0) is 0 Å². The van der Waals surface area contributed by atoms with Crippen molar-refractivity contribution in [2.45, 2.75) is 6.92 Å². The van der Waals surface area contributed by atoms with Crippen LogP contribution in [0.2, 0.25) is 5.02 Å². The largest absolute Gasteiger partial charge is 0.495 e. The quantitative estimate of drug-likeness (QED) is 0.768. The number of hydrogen-bond acceptors (Lipinski definition) is 2. The Kier molecular flexibility index (Phi) is 3.66. The van der Waals surface area contributed by atoms with Crippen LogP contribution in [0.25, 0.3) is 0 Å². The Balaban J connectivity index is 3.13. The molecular formula is C9H10ClNO2S. The fourth-order valence-corrected chi connectivity index (χ4v) is 1.32. The summed E-state index contributed by atoms with van der Waals surface area (Å²) >= 11 is 9.51. The lowest BCUT2D eigenvalue weighted by Gasteiger charge is -2.10. The molecule has 0 saturated heterocycles. The van der Waals surface area contributed by atoms with Gasteiger partial charge in [0.25, 0.3) is 5.24 Å². The van der Waals surface area contributed by atoms with Gasteiger partial charge in [-0.3, -0.25) is 4.79 Å². The normalized spacial score (nSPS) is 9.71. The van der Waals surface area contributed by atoms with Crippen LogP contribution < -0.4 is 10.1 Å². The highest BCUT2D eigenvalue weighted by molar-refractivity contribution is 7.96. The number of halogens is 1. The molecule has 1 amide bonds. The van der Waals surface area contributed by atoms with E-state index in [1.807, 2.05) is 6.92 Å². The summed E-state index contributed by atoms with van der Waals surface area (Å²) in [7, 11) is 1.51. The van der Waals surface area contributed by atoms with E-state index in [9.17, 15) is 4.79 Å². The Morgan fingerprint density at radius 2 is 2.21 bits per heavy atom. The second-order valence-corrected chi connectivity index (χ2v) is 3.55. The summed E-state index contributed by atoms with van der Waals surface area (Å²) in [5.41, 5.74) is 1.43. The zero-order valence-electron chi connectivity index (χ0n) is 7.80. The lowest BCUT2D eigenvalue weighted by molar-refractivity contribution is 0.270. The highest BCUT2D eigenvalue weighted by Crippen LogP contribution is 2.30. The van der Waals surface area contributed by atoms with E-state index in [0.29, 0.717) is 16.5 Å². The summed E-state index contributed by atoms with van der Waals surface area (Å²) in [5.74, 6) is 0.517. The summed E-state index contributed by atoms with van der Waals surface area (Å²) in [6, 6.07) is 3.38. The molecule has 0 saturated carbocycles. The molecule has 0 aliphatic carbocycles. The molecule has 0 aliphatic heterocycles. The first kappa shape index (κ1) is 11.2. The van der Waals surface area contributed by atoms with Crippen LogP contribution in [0.1, 0.15) is 5.56 Å². The zero-order valence-corrected chi connectivity index (χ0v) is 9.45. The van der Waals surface area contributed by atoms with E-state index >= 15 is 0 Å². The van der Waals surface area contributed by atoms with E-state index in [0.717, 1.165) is 5.56 Å². The second-order valence-electron chi connectivity index (χ2n) is 2.73. The average molecular weight is 232 g/mol. The standard InChI is InChI=1S/C9H10ClNO2S/c1-5-3-7(11-9(12)14)8(13-2)4-6(5)10/h3-4H,1-2H3,(H2,11,12,14). The minimum Gasteiger partial charge on any atom is -0.495 e. The first-order valence-corrected chi connectivity index (χ1v) is 4.71. The number of rotatable bonds is 2. The van der Waals surface area contributed by atoms with Gasteiger partial charge in [0.2, 0.25) is 0 Å². The summed E-state index contributed by atoms with van der Waals surface area (Å²) in [4.78, 5) is 10.7. The highest BCUT2D eigenvalue weighted by Gasteiger charge is 2.07. The highest BCUT2D eigenvalue weighted by atomic mass is 35.5. The molecule has 0 aliphatic rings. The molecule has 14 heavy (non-hydrogen) atoms. The molecule has 0 radical (unpaired) electrons. The van der Waals surface area contributed by atoms with Gasteiger partial charge in [-0.1, -0.05) is 24.2 Å². The van der Waals surface area contributed by atoms with Crippen LogP contribution in [-0.4, -0.2) is 12.3 Å². The third-order valence-electron chi connectivity index (χ3n) is 1.72. The number of carbonyl (C=O) groups excluding carboxylic acids is 1. The molecule has 0 atom stereocenters. The van der Waals surface area contributed by atoms with Crippen molar-refractivity contribution < 1.29 is 9.53 Å². The summed E-state index contributed by atoms with van der Waals surface area (Å²) in [5, 5.41) is 2.69. The third kappa shape index (κ3) is 2.56. The first-order chi connectivity index (χ1) is 6.54. The molecule has 76 valence electrons. The maximum Gasteiger partial charge on any atom is 0.280 e. The molecule has 1 N–H and O–H groups in total. The van der Waals surface area contributed by atoms with Crippen LogP contribution in [0.3, 0.4) is 0 Å². The maximum atomic E-state index is 10.7. The second kappa shape index (κ2) is 4.57. The van der Waals surface area contributed by atoms with Crippen LogP contribution in [0.5, 0.6) is 5.75 Å². The zero-order chi connectivity index (χ0) is 10.7. The SMILES string of the molecule is COc1cc(Cl)c(C)cc1NC(=O)S. The van der Waals surface area contributed by atoms with Crippen LogP contribution in [0.4, 0.5) is 10.5 Å². The molecule has 1 aromatic carbocycles. The summed E-state index contributed by atoms with van der Waals surface area (Å²) < 4.78 is 5.05. The average Bonchev–Trinajstić information content (AvgIpc) is 2.10. The molecule has 0 unspecified atom stereocenters. The Labute approximate surface area is 92.8 Å². The maximum absolute atomic E-state index is 10.7. The number of benzene rings is 1. The van der Waals surface area contributed by atoms with E-state index < -0.39 is 5.24 Å². The number of nitrogens with one attached hydrogen (secondary N) is 1. The fraction of sp³-hybridized carbons (Fsp3) is 0.222. The Morgan fingerprint density at radius 3 is 2.71 bits per heavy atom. The van der Waals surface area contributed by atoms with Crippen molar-refractivity contribution >= 4 is 35.2 Å². The lowest BCUT2D eigenvalue weighted by Crippen LogP contribution is -2.03. The lowest BCUT2D eigenvalue weighted by atomic mass is 10.2. The van der Waals surface area contributed by atoms with E-state index in [1.54, 1.807) is 12.1 Å². The van der Waals surface area contributed by atoms with Gasteiger partial charge in [0.1, 0.15) is 5.75 Å². The number of amides is 1. The minimum absolute atomic E-state index is 0.440. The molecule has 0 spiro atoms. The Bertz CT molecular complexity index is 368. The predicted octanol–water partition coefficient (Wildman–Crippen LogP) is 3.12. The van der Waals surface area contributed by atoms with E-state index in [2.05, 4.69) is 17.9 Å². The molecule has 1 aromatic rings. The molecule has 0 aromatic heterocycles. The van der Waals surface area contributed by atoms with Gasteiger partial charge in [-0.2, -0.15) is 0 Å². The minimum atomic E-state index is -0.440. The first-order valence-electron chi connectivity index (χ1n) is 3.88. The van der Waals surface area contributed by atoms with Gasteiger partial charge in [-0.25, -0.2) is 0 Å². The smallest absolute Gasteiger partial charge is 0.280 e. The molecule has 1 rings (SSSR count). The number of thiol groups is 1. The third-order valence-corrected chi connectivity index (χ3v) is 2.24. The molecular weight excluding hydrogens is 222 g/mol. The number of carbonyl (C=O) groups is 1. The molecule has 5 heteroatoms. The van der Waals surface area contributed by atoms with Crippen LogP contribution >= 0.6 is 24.2 Å². The van der Waals surface area contributed by atoms with Crippen molar-refractivity contribution in [3.05, 3.63) is 22.7 Å². The van der Waals surface area contributed by atoms with Gasteiger partial charge in [0, 0.05) is 11.1 Å². The van der Waals surface area contributed by atoms with Crippen molar-refractivity contribution in [2.75, 3.05) is 12.4 Å². The number of aryl methyl sites for hydroxylation is 1. The van der Waals surface area contributed by atoms with Gasteiger partial charge in [-0.15, -0.1) is 0 Å². The van der Waals surface area contributed by atoms with Crippen molar-refractivity contribution in [1.29, 1.82) is 0 Å². The van der Waals surface area contributed by atoms with Gasteiger partial charge in [0.05, 0.1) is 12.8 Å². The molecule has 0 fully saturated rings. The molecule has 3 nitrogen and oxygen atoms in total. The van der Waals surface area contributed by atoms with Crippen LogP contribution in [0, 0.1) is 6.92 Å². The van der Waals surface area contributed by atoms with Crippen LogP contribution in [0.15, 0.2) is 12.1 Å². The number of ether oxygens (including phenoxy) is 1. The fourth-order valence-electron chi connectivity index (χ4n) is 1.05. The molecule has 0 bridgehead atoms. The van der Waals surface area contributed by atoms with Crippen molar-refractivity contribution in [1.82, 2.24) is 0 Å². The number of hydrogen-bond donors (Lipinski definition) is 2. The van der Waals surface area contributed by atoms with E-state index in [-0.39, 0.29) is 0 Å². The van der Waals surface area contributed by atoms with Crippen molar-refractivity contribution in [2.24, 2.45) is 0 Å². The van der Waals surface area contributed by atoms with Gasteiger partial charge < -0.3 is 10.1 Å². The number of methoxy groups -OCH3 is 1. The van der Waals surface area contributed by atoms with E-state index in [4.69, 9.17) is 16.3 Å². The van der Waals surface area contributed by atoms with Crippen molar-refractivity contribution in [3.63, 3.8) is 0 Å². The Hall–Kier alpha value is -0.870. The monoisotopic (exact) mass is 231 g/mol. The van der Waals surface area contributed by atoms with Gasteiger partial charge in [0.15, 0.2) is 0 Å². The topological polar surface area (TPSA) is 38.3 Å². The van der Waals surface area contributed by atoms with Gasteiger partial charge >= 0.3 is 0 Å².